The van der Waals surface area contributed by atoms with Gasteiger partial charge in [-0.2, -0.15) is 4.98 Å². The zero-order valence-corrected chi connectivity index (χ0v) is 20.7. The second-order valence-corrected chi connectivity index (χ2v) is 9.51. The Bertz CT molecular complexity index is 1480. The van der Waals surface area contributed by atoms with Crippen LogP contribution in [0.4, 0.5) is 0 Å². The number of hydrogen-bond donors (Lipinski definition) is 0. The predicted octanol–water partition coefficient (Wildman–Crippen LogP) is 3.91. The van der Waals surface area contributed by atoms with Gasteiger partial charge in [-0.15, -0.1) is 0 Å². The van der Waals surface area contributed by atoms with Crippen LogP contribution in [0.25, 0.3) is 11.2 Å². The number of aromatic nitrogens is 4. The van der Waals surface area contributed by atoms with Crippen molar-refractivity contribution >= 4 is 22.8 Å². The zero-order valence-electron chi connectivity index (χ0n) is 19.9. The topological polar surface area (TPSA) is 74.3 Å². The van der Waals surface area contributed by atoms with Crippen molar-refractivity contribution in [2.24, 2.45) is 14.1 Å². The predicted molar refractivity (Wildman–Crippen MR) is 136 cm³/mol. The van der Waals surface area contributed by atoms with Crippen LogP contribution in [-0.4, -0.2) is 36.7 Å². The summed E-state index contributed by atoms with van der Waals surface area (Å²) >= 11 is 6.06. The summed E-state index contributed by atoms with van der Waals surface area (Å²) in [5.41, 5.74) is 1.82. The SMILES string of the molecule is Cn1c(=O)c2c(nc(Oc3cccc(CN4CCCCC4)c3)n2Cc2ccc(Cl)cc2)n(C)c1=O. The third kappa shape index (κ3) is 4.76. The van der Waals surface area contributed by atoms with Crippen molar-refractivity contribution in [3.05, 3.63) is 85.5 Å². The van der Waals surface area contributed by atoms with Crippen LogP contribution in [0.15, 0.2) is 58.1 Å². The molecular formula is C26H28ClN5O3. The Balaban J connectivity index is 1.55. The summed E-state index contributed by atoms with van der Waals surface area (Å²) in [5, 5.41) is 0.629. The third-order valence-electron chi connectivity index (χ3n) is 6.53. The van der Waals surface area contributed by atoms with Gasteiger partial charge in [-0.05, 0) is 61.3 Å². The summed E-state index contributed by atoms with van der Waals surface area (Å²) < 4.78 is 10.4. The van der Waals surface area contributed by atoms with Gasteiger partial charge in [-0.25, -0.2) is 4.79 Å². The lowest BCUT2D eigenvalue weighted by Gasteiger charge is -2.26. The second-order valence-electron chi connectivity index (χ2n) is 9.07. The zero-order chi connectivity index (χ0) is 24.5. The lowest BCUT2D eigenvalue weighted by atomic mass is 10.1. The minimum atomic E-state index is -0.436. The number of rotatable bonds is 6. The first-order chi connectivity index (χ1) is 16.9. The number of nitrogens with zero attached hydrogens (tertiary/aromatic N) is 5. The Labute approximate surface area is 208 Å². The number of ether oxygens (including phenoxy) is 1. The van der Waals surface area contributed by atoms with Crippen LogP contribution in [0.3, 0.4) is 0 Å². The van der Waals surface area contributed by atoms with Crippen LogP contribution >= 0.6 is 11.6 Å². The van der Waals surface area contributed by atoms with Gasteiger partial charge in [0.15, 0.2) is 11.2 Å². The number of hydrogen-bond acceptors (Lipinski definition) is 5. The van der Waals surface area contributed by atoms with Crippen molar-refractivity contribution in [2.45, 2.75) is 32.4 Å². The fourth-order valence-corrected chi connectivity index (χ4v) is 4.74. The van der Waals surface area contributed by atoms with Crippen molar-refractivity contribution in [1.29, 1.82) is 0 Å². The lowest BCUT2D eigenvalue weighted by Crippen LogP contribution is -2.37. The summed E-state index contributed by atoms with van der Waals surface area (Å²) in [7, 11) is 3.07. The highest BCUT2D eigenvalue weighted by atomic mass is 35.5. The van der Waals surface area contributed by atoms with E-state index in [1.54, 1.807) is 23.7 Å². The highest BCUT2D eigenvalue weighted by molar-refractivity contribution is 6.30. The second kappa shape index (κ2) is 9.71. The Morgan fingerprint density at radius 1 is 0.914 bits per heavy atom. The molecular weight excluding hydrogens is 466 g/mol. The van der Waals surface area contributed by atoms with Gasteiger partial charge < -0.3 is 4.74 Å². The minimum absolute atomic E-state index is 0.253. The maximum Gasteiger partial charge on any atom is 0.332 e. The maximum absolute atomic E-state index is 13.1. The standard InChI is InChI=1S/C26H28ClN5O3/c1-29-23-22(24(33)30(2)26(29)34)32(17-18-9-11-20(27)12-10-18)25(28-23)35-21-8-6-7-19(15-21)16-31-13-4-3-5-14-31/h6-12,15H,3-5,13-14,16-17H2,1-2H3. The first-order valence-electron chi connectivity index (χ1n) is 11.8. The molecule has 0 bridgehead atoms. The van der Waals surface area contributed by atoms with E-state index in [1.807, 2.05) is 30.3 Å². The number of halogens is 1. The molecule has 1 aliphatic rings. The van der Waals surface area contributed by atoms with E-state index < -0.39 is 11.2 Å². The van der Waals surface area contributed by atoms with Crippen molar-refractivity contribution in [3.8, 4) is 11.8 Å². The molecule has 9 heteroatoms. The van der Waals surface area contributed by atoms with Gasteiger partial charge in [-0.3, -0.25) is 23.4 Å². The highest BCUT2D eigenvalue weighted by Crippen LogP contribution is 2.27. The van der Waals surface area contributed by atoms with E-state index >= 15 is 0 Å². The van der Waals surface area contributed by atoms with Crippen molar-refractivity contribution in [1.82, 2.24) is 23.6 Å². The van der Waals surface area contributed by atoms with Crippen LogP contribution in [0.5, 0.6) is 11.8 Å². The van der Waals surface area contributed by atoms with Gasteiger partial charge >= 0.3 is 11.7 Å². The Kier molecular flexibility index (Phi) is 6.49. The third-order valence-corrected chi connectivity index (χ3v) is 6.78. The van der Waals surface area contributed by atoms with E-state index in [1.165, 1.54) is 30.9 Å². The number of aryl methyl sites for hydroxylation is 1. The molecule has 1 aliphatic heterocycles. The molecule has 2 aromatic heterocycles. The molecule has 0 N–H and O–H groups in total. The molecule has 0 aliphatic carbocycles. The fourth-order valence-electron chi connectivity index (χ4n) is 4.61. The molecule has 3 heterocycles. The molecule has 8 nitrogen and oxygen atoms in total. The minimum Gasteiger partial charge on any atom is -0.425 e. The van der Waals surface area contributed by atoms with Gasteiger partial charge in [-0.1, -0.05) is 42.3 Å². The number of imidazole rings is 1. The molecule has 0 amide bonds. The number of likely N-dealkylation sites (tertiary alicyclic amines) is 1. The van der Waals surface area contributed by atoms with Crippen LogP contribution < -0.4 is 16.0 Å². The maximum atomic E-state index is 13.1. The molecule has 1 fully saturated rings. The number of benzene rings is 2. The van der Waals surface area contributed by atoms with E-state index in [0.717, 1.165) is 35.3 Å². The highest BCUT2D eigenvalue weighted by Gasteiger charge is 2.21. The van der Waals surface area contributed by atoms with E-state index in [9.17, 15) is 9.59 Å². The molecule has 0 spiro atoms. The van der Waals surface area contributed by atoms with Crippen LogP contribution in [0.2, 0.25) is 5.02 Å². The lowest BCUT2D eigenvalue weighted by molar-refractivity contribution is 0.220. The quantitative estimate of drug-likeness (QED) is 0.407. The first-order valence-corrected chi connectivity index (χ1v) is 12.2. The molecule has 4 aromatic rings. The molecule has 182 valence electrons. The fraction of sp³-hybridized carbons (Fsp3) is 0.346. The summed E-state index contributed by atoms with van der Waals surface area (Å²) in [4.78, 5) is 32.7. The monoisotopic (exact) mass is 493 g/mol. The molecule has 2 aromatic carbocycles. The number of piperidine rings is 1. The molecule has 35 heavy (non-hydrogen) atoms. The van der Waals surface area contributed by atoms with Gasteiger partial charge in [0, 0.05) is 25.7 Å². The molecule has 5 rings (SSSR count). The van der Waals surface area contributed by atoms with E-state index in [-0.39, 0.29) is 11.7 Å². The van der Waals surface area contributed by atoms with Gasteiger partial charge in [0.2, 0.25) is 0 Å². The average molecular weight is 494 g/mol. The Hall–Kier alpha value is -3.36. The van der Waals surface area contributed by atoms with Crippen LogP contribution in [0, 0.1) is 0 Å². The van der Waals surface area contributed by atoms with E-state index in [0.29, 0.717) is 22.8 Å². The van der Waals surface area contributed by atoms with Crippen molar-refractivity contribution in [2.75, 3.05) is 13.1 Å². The average Bonchev–Trinajstić information content (AvgIpc) is 3.21. The summed E-state index contributed by atoms with van der Waals surface area (Å²) in [6.45, 7) is 3.43. The first kappa shape index (κ1) is 23.4. The molecule has 0 atom stereocenters. The van der Waals surface area contributed by atoms with Crippen LogP contribution in [-0.2, 0) is 27.2 Å². The van der Waals surface area contributed by atoms with Gasteiger partial charge in [0.05, 0.1) is 6.54 Å². The summed E-state index contributed by atoms with van der Waals surface area (Å²) in [5.74, 6) is 0.633. The largest absolute Gasteiger partial charge is 0.425 e. The Morgan fingerprint density at radius 2 is 1.66 bits per heavy atom. The summed E-state index contributed by atoms with van der Waals surface area (Å²) in [6.07, 6.45) is 3.77. The molecule has 0 unspecified atom stereocenters. The molecule has 0 saturated carbocycles. The molecule has 1 saturated heterocycles. The van der Waals surface area contributed by atoms with E-state index in [4.69, 9.17) is 16.3 Å². The van der Waals surface area contributed by atoms with Gasteiger partial charge in [0.1, 0.15) is 5.75 Å². The normalized spacial score (nSPS) is 14.5. The smallest absolute Gasteiger partial charge is 0.332 e. The summed E-state index contributed by atoms with van der Waals surface area (Å²) in [6, 6.07) is 15.6. The van der Waals surface area contributed by atoms with Crippen LogP contribution in [0.1, 0.15) is 30.4 Å². The number of fused-ring (bicyclic) bond motifs is 1. The Morgan fingerprint density at radius 3 is 2.40 bits per heavy atom. The van der Waals surface area contributed by atoms with Crippen molar-refractivity contribution < 1.29 is 4.74 Å². The van der Waals surface area contributed by atoms with Gasteiger partial charge in [0.25, 0.3) is 5.56 Å². The van der Waals surface area contributed by atoms with E-state index in [2.05, 4.69) is 16.0 Å². The van der Waals surface area contributed by atoms with Crippen molar-refractivity contribution in [3.63, 3.8) is 0 Å². The molecule has 0 radical (unpaired) electrons.